The van der Waals surface area contributed by atoms with Crippen molar-refractivity contribution >= 4 is 0 Å². The van der Waals surface area contributed by atoms with E-state index in [-0.39, 0.29) is 25.9 Å². The van der Waals surface area contributed by atoms with Crippen LogP contribution in [0.25, 0.3) is 0 Å². The van der Waals surface area contributed by atoms with Gasteiger partial charge in [-0.05, 0) is 44.7 Å². The molecule has 16 atom stereocenters. The van der Waals surface area contributed by atoms with Gasteiger partial charge in [-0.1, -0.05) is 0 Å². The number of ether oxygens (including phenoxy) is 4. The van der Waals surface area contributed by atoms with Gasteiger partial charge in [0.05, 0.1) is 30.9 Å². The molecule has 0 radical (unpaired) electrons. The van der Waals surface area contributed by atoms with Crippen LogP contribution in [0.2, 0.25) is 0 Å². The summed E-state index contributed by atoms with van der Waals surface area (Å²) in [6.07, 6.45) is -13.2. The fourth-order valence-corrected chi connectivity index (χ4v) is 5.77. The fraction of sp³-hybridized carbons (Fsp3) is 1.00. The lowest BCUT2D eigenvalue weighted by Crippen LogP contribution is -2.67. The Morgan fingerprint density at radius 1 is 0.810 bits per heavy atom. The van der Waals surface area contributed by atoms with Crippen molar-refractivity contribution in [2.75, 3.05) is 32.8 Å². The van der Waals surface area contributed by atoms with Crippen molar-refractivity contribution in [1.82, 2.24) is 5.32 Å². The Morgan fingerprint density at radius 2 is 1.48 bits per heavy atom. The van der Waals surface area contributed by atoms with Crippen molar-refractivity contribution in [3.05, 3.63) is 0 Å². The van der Waals surface area contributed by atoms with Gasteiger partial charge in [-0.25, -0.2) is 0 Å². The van der Waals surface area contributed by atoms with E-state index in [1.807, 2.05) is 0 Å². The monoisotopic (exact) mass is 612 g/mol. The van der Waals surface area contributed by atoms with E-state index in [1.165, 1.54) is 0 Å². The maximum Gasteiger partial charge on any atom is 0.186 e. The van der Waals surface area contributed by atoms with Gasteiger partial charge >= 0.3 is 0 Å². The van der Waals surface area contributed by atoms with Crippen LogP contribution in [-0.4, -0.2) is 160 Å². The molecule has 0 aromatic carbocycles. The number of nitrogens with one attached hydrogen (secondary N) is 1. The Hall–Kier alpha value is -0.680. The summed E-state index contributed by atoms with van der Waals surface area (Å²) in [6.45, 7) is 0.654. The lowest BCUT2D eigenvalue weighted by atomic mass is 9.77. The summed E-state index contributed by atoms with van der Waals surface area (Å²) in [7, 11) is 0. The molecule has 2 saturated heterocycles. The van der Waals surface area contributed by atoms with E-state index in [0.717, 1.165) is 0 Å². The average Bonchev–Trinajstić information content (AvgIpc) is 2.98. The number of aliphatic hydroxyl groups is 7. The first-order chi connectivity index (χ1) is 19.9. The van der Waals surface area contributed by atoms with E-state index in [4.69, 9.17) is 47.6 Å². The molecule has 0 bridgehead atoms. The topological polar surface area (TPSA) is 321 Å². The predicted molar refractivity (Wildman–Crippen MR) is 147 cm³/mol. The molecule has 2 aliphatic heterocycles. The van der Waals surface area contributed by atoms with Crippen LogP contribution in [0.5, 0.6) is 0 Å². The Bertz CT molecular complexity index is 793. The van der Waals surface area contributed by atoms with Crippen LogP contribution < -0.4 is 34.0 Å². The first-order valence-corrected chi connectivity index (χ1v) is 14.6. The third-order valence-corrected chi connectivity index (χ3v) is 8.45. The smallest absolute Gasteiger partial charge is 0.186 e. The van der Waals surface area contributed by atoms with Gasteiger partial charge in [-0.2, -0.15) is 0 Å². The molecule has 18 N–H and O–H groups in total. The fourth-order valence-electron chi connectivity index (χ4n) is 5.77. The summed E-state index contributed by atoms with van der Waals surface area (Å²) >= 11 is 0. The number of nitrogens with two attached hydrogens (primary N) is 5. The molecule has 2 unspecified atom stereocenters. The maximum atomic E-state index is 11.5. The molecular formula is C25H52N6O11. The van der Waals surface area contributed by atoms with Crippen LogP contribution in [0.4, 0.5) is 0 Å². The summed E-state index contributed by atoms with van der Waals surface area (Å²) < 4.78 is 23.6. The molecule has 42 heavy (non-hydrogen) atoms. The summed E-state index contributed by atoms with van der Waals surface area (Å²) in [6, 6.07) is -3.15. The van der Waals surface area contributed by atoms with Crippen molar-refractivity contribution < 1.29 is 54.7 Å². The first-order valence-electron chi connectivity index (χ1n) is 14.6. The van der Waals surface area contributed by atoms with Crippen molar-refractivity contribution in [1.29, 1.82) is 0 Å². The molecule has 0 aromatic heterocycles. The first kappa shape index (κ1) is 35.8. The van der Waals surface area contributed by atoms with Crippen LogP contribution in [0.1, 0.15) is 25.7 Å². The van der Waals surface area contributed by atoms with Crippen LogP contribution in [0, 0.1) is 5.92 Å². The van der Waals surface area contributed by atoms with E-state index < -0.39 is 104 Å². The second kappa shape index (κ2) is 16.6. The van der Waals surface area contributed by atoms with Crippen LogP contribution in [-0.2, 0) is 18.9 Å². The minimum atomic E-state index is -1.50. The van der Waals surface area contributed by atoms with Gasteiger partial charge in [0.25, 0.3) is 0 Å². The van der Waals surface area contributed by atoms with Gasteiger partial charge in [0.1, 0.15) is 48.8 Å². The quantitative estimate of drug-likeness (QED) is 0.0810. The molecule has 0 amide bonds. The van der Waals surface area contributed by atoms with E-state index in [0.29, 0.717) is 25.9 Å². The van der Waals surface area contributed by atoms with Crippen LogP contribution >= 0.6 is 0 Å². The minimum absolute atomic E-state index is 0.0291. The lowest BCUT2D eigenvalue weighted by Gasteiger charge is -2.49. The van der Waals surface area contributed by atoms with Gasteiger partial charge < -0.3 is 88.7 Å². The number of aliphatic hydroxyl groups excluding tert-OH is 7. The van der Waals surface area contributed by atoms with E-state index in [1.54, 1.807) is 0 Å². The molecule has 3 aliphatic rings. The molecule has 1 saturated carbocycles. The highest BCUT2D eigenvalue weighted by molar-refractivity contribution is 5.00. The Labute approximate surface area is 245 Å². The average molecular weight is 613 g/mol. The van der Waals surface area contributed by atoms with Crippen molar-refractivity contribution in [3.63, 3.8) is 0 Å². The summed E-state index contributed by atoms with van der Waals surface area (Å²) in [5.74, 6) is -0.463. The molecule has 248 valence electrons. The molecule has 0 spiro atoms. The van der Waals surface area contributed by atoms with Crippen LogP contribution in [0.3, 0.4) is 0 Å². The van der Waals surface area contributed by atoms with Gasteiger partial charge in [-0.3, -0.25) is 0 Å². The SMILES string of the molecule is NCCCNC[C@H]1O[C@H](OC2[C@@H](N)C[C@@H](CCC(O)CN)[C@H](O[C@H]3O[C@H](CO)[C@@H](O)[C@H](N)[C@H]3O)[C@H]2O)[C@H](N)[C@@H](O)[C@@H]1O. The molecule has 3 fully saturated rings. The van der Waals surface area contributed by atoms with Gasteiger partial charge in [-0.15, -0.1) is 0 Å². The number of rotatable bonds is 14. The van der Waals surface area contributed by atoms with Gasteiger partial charge in [0.2, 0.25) is 0 Å². The second-order valence-corrected chi connectivity index (χ2v) is 11.6. The van der Waals surface area contributed by atoms with E-state index >= 15 is 0 Å². The highest BCUT2D eigenvalue weighted by Gasteiger charge is 2.51. The second-order valence-electron chi connectivity index (χ2n) is 11.6. The third-order valence-electron chi connectivity index (χ3n) is 8.45. The number of hydrogen-bond donors (Lipinski definition) is 13. The zero-order valence-electron chi connectivity index (χ0n) is 23.8. The molecule has 2 heterocycles. The maximum absolute atomic E-state index is 11.5. The zero-order valence-corrected chi connectivity index (χ0v) is 23.8. The van der Waals surface area contributed by atoms with Crippen molar-refractivity contribution in [3.8, 4) is 0 Å². The predicted octanol–water partition coefficient (Wildman–Crippen LogP) is -6.96. The highest BCUT2D eigenvalue weighted by Crippen LogP contribution is 2.36. The normalized spacial score (nSPS) is 45.6. The summed E-state index contributed by atoms with van der Waals surface area (Å²) in [5.41, 5.74) is 29.6. The van der Waals surface area contributed by atoms with Gasteiger partial charge in [0, 0.05) is 19.1 Å². The number of hydrogen-bond acceptors (Lipinski definition) is 17. The molecule has 0 aromatic rings. The Kier molecular flexibility index (Phi) is 14.1. The summed E-state index contributed by atoms with van der Waals surface area (Å²) in [4.78, 5) is 0. The Balaban J connectivity index is 1.78. The van der Waals surface area contributed by atoms with Crippen LogP contribution in [0.15, 0.2) is 0 Å². The Morgan fingerprint density at radius 3 is 2.12 bits per heavy atom. The molecule has 17 nitrogen and oxygen atoms in total. The lowest BCUT2D eigenvalue weighted by molar-refractivity contribution is -0.324. The van der Waals surface area contributed by atoms with Crippen molar-refractivity contribution in [2.45, 2.75) is 117 Å². The largest absolute Gasteiger partial charge is 0.394 e. The minimum Gasteiger partial charge on any atom is -0.394 e. The zero-order chi connectivity index (χ0) is 31.1. The van der Waals surface area contributed by atoms with Gasteiger partial charge in [0.15, 0.2) is 12.6 Å². The van der Waals surface area contributed by atoms with E-state index in [2.05, 4.69) is 5.32 Å². The van der Waals surface area contributed by atoms with Crippen molar-refractivity contribution in [2.24, 2.45) is 34.6 Å². The molecule has 3 rings (SSSR count). The summed E-state index contributed by atoms with van der Waals surface area (Å²) in [5, 5.41) is 76.3. The molecular weight excluding hydrogens is 560 g/mol. The standard InChI is InChI=1S/C25H52N6O11/c26-4-1-5-31-8-13-18(35)19(36)16(30)24(39-13)42-23-12(28)6-10(2-3-11(33)7-27)22(21(23)38)41-25-20(37)15(29)17(34)14(9-32)40-25/h10-25,31-38H,1-9,26-30H2/t10-,11?,12+,13-,14-,15+,16-,17-,18-,19-,20-,21-,22+,23?,24-,25-/m1/s1. The highest BCUT2D eigenvalue weighted by atomic mass is 16.7. The van der Waals surface area contributed by atoms with E-state index in [9.17, 15) is 35.7 Å². The molecule has 17 heteroatoms. The third kappa shape index (κ3) is 8.52. The molecule has 1 aliphatic carbocycles.